The van der Waals surface area contributed by atoms with E-state index in [0.29, 0.717) is 4.90 Å². The maximum Gasteiger partial charge on any atom is 0.136 e. The van der Waals surface area contributed by atoms with E-state index in [-0.39, 0.29) is 11.2 Å². The summed E-state index contributed by atoms with van der Waals surface area (Å²) in [6.07, 6.45) is 1.66. The summed E-state index contributed by atoms with van der Waals surface area (Å²) in [6, 6.07) is 9.00. The lowest BCUT2D eigenvalue weighted by atomic mass is 9.64. The van der Waals surface area contributed by atoms with Crippen molar-refractivity contribution in [1.29, 1.82) is 5.26 Å². The zero-order valence-electron chi connectivity index (χ0n) is 9.46. The second-order valence-electron chi connectivity index (χ2n) is 5.16. The highest BCUT2D eigenvalue weighted by Crippen LogP contribution is 2.57. The molecule has 0 aliphatic heterocycles. The highest BCUT2D eigenvalue weighted by molar-refractivity contribution is 8.01. The van der Waals surface area contributed by atoms with Crippen molar-refractivity contribution in [1.82, 2.24) is 0 Å². The molecule has 0 radical (unpaired) electrons. The number of benzene rings is 1. The van der Waals surface area contributed by atoms with E-state index in [9.17, 15) is 9.65 Å². The van der Waals surface area contributed by atoms with Crippen molar-refractivity contribution in [3.63, 3.8) is 0 Å². The van der Waals surface area contributed by atoms with Gasteiger partial charge in [-0.2, -0.15) is 5.26 Å². The van der Waals surface area contributed by atoms with Crippen molar-refractivity contribution < 1.29 is 4.39 Å². The Morgan fingerprint density at radius 2 is 1.94 bits per heavy atom. The third-order valence-corrected chi connectivity index (χ3v) is 4.20. The van der Waals surface area contributed by atoms with Crippen LogP contribution < -0.4 is 0 Å². The standard InChI is InChI=1S/C13H14FNS/c1-12(2)7-13(8-12,9-15)16-11-6-4-3-5-10(11)14/h3-6H,7-8H2,1-2H3. The van der Waals surface area contributed by atoms with Crippen LogP contribution in [0, 0.1) is 22.6 Å². The maximum atomic E-state index is 13.5. The lowest BCUT2D eigenvalue weighted by Crippen LogP contribution is -2.45. The first kappa shape index (κ1) is 11.5. The Balaban J connectivity index is 2.17. The van der Waals surface area contributed by atoms with E-state index in [4.69, 9.17) is 0 Å². The van der Waals surface area contributed by atoms with Crippen LogP contribution >= 0.6 is 11.8 Å². The average Bonchev–Trinajstić information content (AvgIpc) is 2.18. The van der Waals surface area contributed by atoms with E-state index in [1.807, 2.05) is 0 Å². The van der Waals surface area contributed by atoms with E-state index in [2.05, 4.69) is 19.9 Å². The van der Waals surface area contributed by atoms with Crippen LogP contribution in [0.5, 0.6) is 0 Å². The van der Waals surface area contributed by atoms with E-state index in [1.54, 1.807) is 18.2 Å². The first-order valence-corrected chi connectivity index (χ1v) is 6.13. The molecule has 0 N–H and O–H groups in total. The predicted octanol–water partition coefficient (Wildman–Crippen LogP) is 4.00. The van der Waals surface area contributed by atoms with Gasteiger partial charge in [-0.1, -0.05) is 26.0 Å². The number of halogens is 1. The van der Waals surface area contributed by atoms with Gasteiger partial charge in [0, 0.05) is 4.90 Å². The third kappa shape index (κ3) is 2.08. The summed E-state index contributed by atoms with van der Waals surface area (Å²) in [6.45, 7) is 4.29. The average molecular weight is 235 g/mol. The van der Waals surface area contributed by atoms with Gasteiger partial charge < -0.3 is 0 Å². The number of hydrogen-bond acceptors (Lipinski definition) is 2. The molecule has 0 atom stereocenters. The number of nitrogens with zero attached hydrogens (tertiary/aromatic N) is 1. The zero-order chi connectivity index (χ0) is 11.8. The van der Waals surface area contributed by atoms with Crippen LogP contribution in [0.2, 0.25) is 0 Å². The molecule has 1 nitrogen and oxygen atoms in total. The minimum absolute atomic E-state index is 0.216. The molecule has 1 fully saturated rings. The molecular weight excluding hydrogens is 221 g/mol. The molecule has 2 rings (SSSR count). The summed E-state index contributed by atoms with van der Waals surface area (Å²) in [7, 11) is 0. The second kappa shape index (κ2) is 3.78. The lowest BCUT2D eigenvalue weighted by Gasteiger charge is -2.48. The van der Waals surface area contributed by atoms with Gasteiger partial charge in [-0.05, 0) is 30.4 Å². The molecule has 16 heavy (non-hydrogen) atoms. The summed E-state index contributed by atoms with van der Waals surface area (Å²) in [5.74, 6) is -0.230. The minimum Gasteiger partial charge on any atom is -0.206 e. The van der Waals surface area contributed by atoms with Crippen molar-refractivity contribution >= 4 is 11.8 Å². The number of hydrogen-bond donors (Lipinski definition) is 0. The van der Waals surface area contributed by atoms with Gasteiger partial charge in [0.15, 0.2) is 0 Å². The molecule has 1 saturated carbocycles. The molecule has 0 heterocycles. The molecule has 1 aliphatic rings. The van der Waals surface area contributed by atoms with Gasteiger partial charge in [-0.15, -0.1) is 11.8 Å². The predicted molar refractivity (Wildman–Crippen MR) is 63.6 cm³/mol. The van der Waals surface area contributed by atoms with Gasteiger partial charge in [-0.25, -0.2) is 4.39 Å². The molecule has 0 bridgehead atoms. The molecule has 0 saturated heterocycles. The van der Waals surface area contributed by atoms with Crippen LogP contribution in [0.1, 0.15) is 26.7 Å². The Labute approximate surface area is 99.7 Å². The SMILES string of the molecule is CC1(C)CC(C#N)(Sc2ccccc2F)C1. The summed E-state index contributed by atoms with van der Waals surface area (Å²) in [5.41, 5.74) is 0.216. The Hall–Kier alpha value is -1.01. The van der Waals surface area contributed by atoms with Gasteiger partial charge >= 0.3 is 0 Å². The summed E-state index contributed by atoms with van der Waals surface area (Å²) in [5, 5.41) is 9.23. The maximum absolute atomic E-state index is 13.5. The fourth-order valence-electron chi connectivity index (χ4n) is 2.41. The van der Waals surface area contributed by atoms with Crippen LogP contribution in [0.4, 0.5) is 4.39 Å². The summed E-state index contributed by atoms with van der Waals surface area (Å²) >= 11 is 1.37. The summed E-state index contributed by atoms with van der Waals surface area (Å²) < 4.78 is 13.1. The molecule has 0 unspecified atom stereocenters. The van der Waals surface area contributed by atoms with Crippen molar-refractivity contribution in [3.8, 4) is 6.07 Å². The highest BCUT2D eigenvalue weighted by Gasteiger charge is 2.50. The van der Waals surface area contributed by atoms with Crippen molar-refractivity contribution in [3.05, 3.63) is 30.1 Å². The number of thioether (sulfide) groups is 1. The monoisotopic (exact) mass is 235 g/mol. The number of nitriles is 1. The van der Waals surface area contributed by atoms with Crippen LogP contribution in [0.3, 0.4) is 0 Å². The van der Waals surface area contributed by atoms with Gasteiger partial charge in [-0.3, -0.25) is 0 Å². The van der Waals surface area contributed by atoms with Gasteiger partial charge in [0.25, 0.3) is 0 Å². The fraction of sp³-hybridized carbons (Fsp3) is 0.462. The first-order chi connectivity index (χ1) is 7.46. The summed E-state index contributed by atoms with van der Waals surface area (Å²) in [4.78, 5) is 0.583. The molecule has 0 spiro atoms. The second-order valence-corrected chi connectivity index (χ2v) is 6.58. The van der Waals surface area contributed by atoms with Crippen molar-refractivity contribution in [2.75, 3.05) is 0 Å². The van der Waals surface area contributed by atoms with E-state index < -0.39 is 4.75 Å². The smallest absolute Gasteiger partial charge is 0.136 e. The molecule has 3 heteroatoms. The van der Waals surface area contributed by atoms with Crippen molar-refractivity contribution in [2.24, 2.45) is 5.41 Å². The Morgan fingerprint density at radius 3 is 2.44 bits per heavy atom. The number of rotatable bonds is 2. The van der Waals surface area contributed by atoms with Gasteiger partial charge in [0.1, 0.15) is 10.6 Å². The van der Waals surface area contributed by atoms with E-state index in [1.165, 1.54) is 17.8 Å². The molecular formula is C13H14FNS. The molecule has 1 aromatic rings. The lowest BCUT2D eigenvalue weighted by molar-refractivity contribution is 0.162. The molecule has 0 aromatic heterocycles. The van der Waals surface area contributed by atoms with Gasteiger partial charge in [0.05, 0.1) is 6.07 Å². The Kier molecular flexibility index (Phi) is 2.71. The topological polar surface area (TPSA) is 23.8 Å². The normalized spacial score (nSPS) is 20.9. The third-order valence-electron chi connectivity index (χ3n) is 2.87. The highest BCUT2D eigenvalue weighted by atomic mass is 32.2. The Bertz CT molecular complexity index is 439. The zero-order valence-corrected chi connectivity index (χ0v) is 10.3. The van der Waals surface area contributed by atoms with Crippen LogP contribution in [0.25, 0.3) is 0 Å². The fourth-order valence-corrected chi connectivity index (χ4v) is 4.11. The minimum atomic E-state index is -0.425. The molecule has 0 amide bonds. The first-order valence-electron chi connectivity index (χ1n) is 5.31. The van der Waals surface area contributed by atoms with E-state index >= 15 is 0 Å². The van der Waals surface area contributed by atoms with Crippen molar-refractivity contribution in [2.45, 2.75) is 36.3 Å². The quantitative estimate of drug-likeness (QED) is 0.773. The van der Waals surface area contributed by atoms with Gasteiger partial charge in [0.2, 0.25) is 0 Å². The van der Waals surface area contributed by atoms with Crippen LogP contribution in [0.15, 0.2) is 29.2 Å². The van der Waals surface area contributed by atoms with E-state index in [0.717, 1.165) is 12.8 Å². The molecule has 84 valence electrons. The Morgan fingerprint density at radius 1 is 1.31 bits per heavy atom. The largest absolute Gasteiger partial charge is 0.206 e. The van der Waals surface area contributed by atoms with Crippen LogP contribution in [-0.4, -0.2) is 4.75 Å². The van der Waals surface area contributed by atoms with Crippen LogP contribution in [-0.2, 0) is 0 Å². The molecule has 1 aromatic carbocycles. The molecule has 1 aliphatic carbocycles.